The van der Waals surface area contributed by atoms with E-state index in [2.05, 4.69) is 11.3 Å². The summed E-state index contributed by atoms with van der Waals surface area (Å²) in [5, 5.41) is 0.835. The van der Waals surface area contributed by atoms with E-state index in [1.54, 1.807) is 24.1 Å². The molecule has 1 amide bonds. The highest BCUT2D eigenvalue weighted by Crippen LogP contribution is 2.24. The average Bonchev–Trinajstić information content (AvgIpc) is 3.36. The van der Waals surface area contributed by atoms with Gasteiger partial charge in [0.1, 0.15) is 0 Å². The van der Waals surface area contributed by atoms with Gasteiger partial charge >= 0.3 is 0 Å². The van der Waals surface area contributed by atoms with Gasteiger partial charge in [-0.05, 0) is 35.6 Å². The summed E-state index contributed by atoms with van der Waals surface area (Å²) in [6, 6.07) is 16.1. The zero-order chi connectivity index (χ0) is 26.2. The van der Waals surface area contributed by atoms with Crippen LogP contribution in [0.5, 0.6) is 0 Å². The Morgan fingerprint density at radius 3 is 2.44 bits per heavy atom. The zero-order valence-corrected chi connectivity index (χ0v) is 22.0. The lowest BCUT2D eigenvalue weighted by Crippen LogP contribution is -2.34. The predicted octanol–water partition coefficient (Wildman–Crippen LogP) is 1.98. The van der Waals surface area contributed by atoms with Crippen LogP contribution in [-0.2, 0) is 42.5 Å². The number of hydrogen-bond donors (Lipinski definition) is 1. The van der Waals surface area contributed by atoms with Crippen LogP contribution in [0.4, 0.5) is 0 Å². The first kappa shape index (κ1) is 28.0. The summed E-state index contributed by atoms with van der Waals surface area (Å²) >= 11 is 0. The molecule has 0 spiro atoms. The fourth-order valence-corrected chi connectivity index (χ4v) is 6.10. The highest BCUT2D eigenvalue weighted by molar-refractivity contribution is 7.92. The van der Waals surface area contributed by atoms with Crippen molar-refractivity contribution < 1.29 is 26.4 Å². The molecule has 0 aromatic heterocycles. The van der Waals surface area contributed by atoms with Gasteiger partial charge in [-0.2, -0.15) is 4.31 Å². The summed E-state index contributed by atoms with van der Waals surface area (Å²) in [5.74, 6) is -0.190. The second kappa shape index (κ2) is 12.6. The van der Waals surface area contributed by atoms with Gasteiger partial charge in [-0.25, -0.2) is 21.6 Å². The second-order valence-electron chi connectivity index (χ2n) is 8.69. The standard InChI is InChI=1S/C25H33N3O6S2/c1-3-35(30,31)26-18-23-13-14-28(20-23)36(32,33)24-11-9-21(10-12-24)17-25(29)27(15-16-34-2)19-22-7-5-4-6-8-22/h3-12,23,26H,1,13-20H2,2H3/t23-/m1/s1. The van der Waals surface area contributed by atoms with Crippen LogP contribution in [0.25, 0.3) is 0 Å². The van der Waals surface area contributed by atoms with Crippen LogP contribution >= 0.6 is 0 Å². The van der Waals surface area contributed by atoms with Gasteiger partial charge in [0, 0.05) is 45.2 Å². The molecule has 1 saturated heterocycles. The number of hydrogen-bond acceptors (Lipinski definition) is 6. The molecule has 1 N–H and O–H groups in total. The van der Waals surface area contributed by atoms with Crippen molar-refractivity contribution in [2.75, 3.05) is 39.9 Å². The number of nitrogens with one attached hydrogen (secondary N) is 1. The Balaban J connectivity index is 1.62. The Morgan fingerprint density at radius 2 is 1.81 bits per heavy atom. The number of nitrogens with zero attached hydrogens (tertiary/aromatic N) is 2. The minimum absolute atomic E-state index is 0.0733. The third-order valence-electron chi connectivity index (χ3n) is 6.09. The average molecular weight is 536 g/mol. The largest absolute Gasteiger partial charge is 0.383 e. The van der Waals surface area contributed by atoms with E-state index in [0.29, 0.717) is 38.2 Å². The van der Waals surface area contributed by atoms with Crippen molar-refractivity contribution in [3.05, 3.63) is 77.7 Å². The molecule has 1 atom stereocenters. The fourth-order valence-electron chi connectivity index (χ4n) is 3.99. The van der Waals surface area contributed by atoms with Crippen LogP contribution in [0, 0.1) is 5.92 Å². The molecule has 1 aliphatic rings. The molecule has 2 aromatic rings. The number of methoxy groups -OCH3 is 1. The van der Waals surface area contributed by atoms with E-state index >= 15 is 0 Å². The number of amides is 1. The monoisotopic (exact) mass is 535 g/mol. The van der Waals surface area contributed by atoms with Crippen LogP contribution in [0.15, 0.2) is 71.5 Å². The SMILES string of the molecule is C=CS(=O)(=O)NC[C@H]1CCN(S(=O)(=O)c2ccc(CC(=O)N(CCOC)Cc3ccccc3)cc2)C1. The summed E-state index contributed by atoms with van der Waals surface area (Å²) in [6.45, 7) is 5.30. The first-order chi connectivity index (χ1) is 17.1. The van der Waals surface area contributed by atoms with Crippen molar-refractivity contribution in [2.45, 2.75) is 24.3 Å². The molecule has 11 heteroatoms. The molecule has 1 aliphatic heterocycles. The van der Waals surface area contributed by atoms with Crippen molar-refractivity contribution in [2.24, 2.45) is 5.92 Å². The van der Waals surface area contributed by atoms with Gasteiger partial charge in [0.05, 0.1) is 17.9 Å². The summed E-state index contributed by atoms with van der Waals surface area (Å²) in [7, 11) is -5.68. The van der Waals surface area contributed by atoms with Crippen molar-refractivity contribution >= 4 is 26.0 Å². The smallest absolute Gasteiger partial charge is 0.243 e. The van der Waals surface area contributed by atoms with E-state index in [4.69, 9.17) is 4.74 Å². The molecule has 1 heterocycles. The van der Waals surface area contributed by atoms with Crippen molar-refractivity contribution in [3.63, 3.8) is 0 Å². The van der Waals surface area contributed by atoms with Gasteiger partial charge in [-0.1, -0.05) is 49.0 Å². The number of carbonyl (C=O) groups excluding carboxylic acids is 1. The van der Waals surface area contributed by atoms with Gasteiger partial charge < -0.3 is 9.64 Å². The van der Waals surface area contributed by atoms with E-state index in [1.807, 2.05) is 30.3 Å². The van der Waals surface area contributed by atoms with Gasteiger partial charge in [0.2, 0.25) is 26.0 Å². The fraction of sp³-hybridized carbons (Fsp3) is 0.400. The number of ether oxygens (including phenoxy) is 1. The van der Waals surface area contributed by atoms with Crippen LogP contribution in [0.3, 0.4) is 0 Å². The van der Waals surface area contributed by atoms with Crippen LogP contribution in [0.2, 0.25) is 0 Å². The summed E-state index contributed by atoms with van der Waals surface area (Å²) in [4.78, 5) is 14.9. The van der Waals surface area contributed by atoms with E-state index in [-0.39, 0.29) is 36.2 Å². The molecule has 1 fully saturated rings. The van der Waals surface area contributed by atoms with E-state index in [0.717, 1.165) is 11.0 Å². The Bertz CT molecular complexity index is 1230. The quantitative estimate of drug-likeness (QED) is 0.420. The summed E-state index contributed by atoms with van der Waals surface area (Å²) < 4.78 is 58.2. The normalized spacial score (nSPS) is 16.6. The Kier molecular flexibility index (Phi) is 9.80. The lowest BCUT2D eigenvalue weighted by molar-refractivity contribution is -0.131. The van der Waals surface area contributed by atoms with Gasteiger partial charge in [0.25, 0.3) is 0 Å². The van der Waals surface area contributed by atoms with Gasteiger partial charge in [-0.15, -0.1) is 0 Å². The number of rotatable bonds is 13. The second-order valence-corrected chi connectivity index (χ2v) is 12.3. The maximum absolute atomic E-state index is 13.1. The third kappa shape index (κ3) is 7.71. The maximum atomic E-state index is 13.1. The van der Waals surface area contributed by atoms with E-state index in [9.17, 15) is 21.6 Å². The molecule has 0 aliphatic carbocycles. The minimum Gasteiger partial charge on any atom is -0.383 e. The molecule has 0 unspecified atom stereocenters. The van der Waals surface area contributed by atoms with E-state index in [1.165, 1.54) is 16.4 Å². The molecule has 2 aromatic carbocycles. The number of sulfonamides is 2. The Hall–Kier alpha value is -2.57. The first-order valence-electron chi connectivity index (χ1n) is 11.7. The minimum atomic E-state index is -3.72. The van der Waals surface area contributed by atoms with Gasteiger partial charge in [-0.3, -0.25) is 4.79 Å². The third-order valence-corrected chi connectivity index (χ3v) is 8.98. The van der Waals surface area contributed by atoms with E-state index < -0.39 is 20.0 Å². The lowest BCUT2D eigenvalue weighted by atomic mass is 10.1. The summed E-state index contributed by atoms with van der Waals surface area (Å²) in [5.41, 5.74) is 1.73. The Labute approximate surface area is 213 Å². The van der Waals surface area contributed by atoms with Crippen molar-refractivity contribution in [1.82, 2.24) is 13.9 Å². The van der Waals surface area contributed by atoms with Crippen LogP contribution < -0.4 is 4.72 Å². The molecule has 3 rings (SSSR count). The zero-order valence-electron chi connectivity index (χ0n) is 20.4. The lowest BCUT2D eigenvalue weighted by Gasteiger charge is -2.23. The molecule has 196 valence electrons. The van der Waals surface area contributed by atoms with Crippen molar-refractivity contribution in [3.8, 4) is 0 Å². The molecule has 9 nitrogen and oxygen atoms in total. The molecular formula is C25H33N3O6S2. The highest BCUT2D eigenvalue weighted by Gasteiger charge is 2.32. The summed E-state index contributed by atoms with van der Waals surface area (Å²) in [6.07, 6.45) is 0.705. The number of carbonyl (C=O) groups is 1. The Morgan fingerprint density at radius 1 is 1.11 bits per heavy atom. The maximum Gasteiger partial charge on any atom is 0.243 e. The molecule has 36 heavy (non-hydrogen) atoms. The van der Waals surface area contributed by atoms with Gasteiger partial charge in [0.15, 0.2) is 0 Å². The molecule has 0 saturated carbocycles. The molecule has 0 radical (unpaired) electrons. The molecule has 0 bridgehead atoms. The highest BCUT2D eigenvalue weighted by atomic mass is 32.2. The topological polar surface area (TPSA) is 113 Å². The first-order valence-corrected chi connectivity index (χ1v) is 14.6. The van der Waals surface area contributed by atoms with Crippen LogP contribution in [0.1, 0.15) is 17.5 Å². The number of benzene rings is 2. The van der Waals surface area contributed by atoms with Crippen LogP contribution in [-0.4, -0.2) is 71.8 Å². The predicted molar refractivity (Wildman–Crippen MR) is 138 cm³/mol. The van der Waals surface area contributed by atoms with Crippen molar-refractivity contribution in [1.29, 1.82) is 0 Å². The molecular weight excluding hydrogens is 502 g/mol.